The van der Waals surface area contributed by atoms with E-state index in [4.69, 9.17) is 11.6 Å². The molecule has 0 aromatic heterocycles. The second-order valence-corrected chi connectivity index (χ2v) is 3.37. The fourth-order valence-electron chi connectivity index (χ4n) is 1.37. The van der Waals surface area contributed by atoms with Crippen LogP contribution in [0, 0.1) is 0 Å². The Balaban J connectivity index is 0.00000112. The number of halogens is 1. The van der Waals surface area contributed by atoms with Gasteiger partial charge in [0.1, 0.15) is 0 Å². The Kier molecular flexibility index (Phi) is 4.11. The molecule has 0 heterocycles. The van der Waals surface area contributed by atoms with Gasteiger partial charge in [0, 0.05) is 5.56 Å². The first-order valence-corrected chi connectivity index (χ1v) is 4.46. The Hall–Kier alpha value is -0.605. The van der Waals surface area contributed by atoms with E-state index < -0.39 is 5.97 Å². The first-order chi connectivity index (χ1) is 6.68. The van der Waals surface area contributed by atoms with Gasteiger partial charge in [-0.3, -0.25) is 0 Å². The second kappa shape index (κ2) is 4.95. The van der Waals surface area contributed by atoms with Gasteiger partial charge in [-0.05, 0) is 22.9 Å². The molecule has 0 saturated heterocycles. The van der Waals surface area contributed by atoms with Gasteiger partial charge in [-0.15, -0.1) is 0 Å². The van der Waals surface area contributed by atoms with Crippen LogP contribution in [0.5, 0.6) is 0 Å². The number of benzene rings is 2. The number of carboxylic acid groups (broad SMARTS) is 1. The van der Waals surface area contributed by atoms with Crippen LogP contribution in [0.4, 0.5) is 0 Å². The van der Waals surface area contributed by atoms with E-state index in [0.29, 0.717) is 0 Å². The monoisotopic (exact) mass is 407 g/mol. The van der Waals surface area contributed by atoms with E-state index in [1.165, 1.54) is 6.07 Å². The van der Waals surface area contributed by atoms with Gasteiger partial charge < -0.3 is 9.90 Å². The molecule has 0 fully saturated rings. The molecule has 0 atom stereocenters. The number of aromatic carboxylic acids is 1. The van der Waals surface area contributed by atoms with Gasteiger partial charge in [-0.1, -0.05) is 35.9 Å². The molecule has 0 bridgehead atoms. The minimum atomic E-state index is -1.25. The van der Waals surface area contributed by atoms with Gasteiger partial charge in [0.2, 0.25) is 0 Å². The van der Waals surface area contributed by atoms with Crippen LogP contribution >= 0.6 is 11.6 Å². The molecular formula is C11H6ClHgO2. The Bertz CT molecular complexity index is 511. The summed E-state index contributed by atoms with van der Waals surface area (Å²) in [5.74, 6) is -1.25. The largest absolute Gasteiger partial charge is 1.00 e. The Morgan fingerprint density at radius 2 is 1.67 bits per heavy atom. The van der Waals surface area contributed by atoms with Gasteiger partial charge in [-0.2, -0.15) is 0 Å². The molecule has 2 aromatic rings. The zero-order valence-corrected chi connectivity index (χ0v) is 14.1. The SMILES string of the molecule is O=C([O-])c1cc2ccccc2cc1Cl.[Hg+]. The van der Waals surface area contributed by atoms with Gasteiger partial charge in [0.15, 0.2) is 0 Å². The molecule has 0 unspecified atom stereocenters. The van der Waals surface area contributed by atoms with Gasteiger partial charge in [0.05, 0.1) is 11.0 Å². The molecule has 71 valence electrons. The van der Waals surface area contributed by atoms with Crippen LogP contribution in [0.3, 0.4) is 0 Å². The third-order valence-electron chi connectivity index (χ3n) is 2.06. The van der Waals surface area contributed by atoms with Crippen LogP contribution in [0.1, 0.15) is 10.4 Å². The summed E-state index contributed by atoms with van der Waals surface area (Å²) in [6.07, 6.45) is 0. The smallest absolute Gasteiger partial charge is 0.545 e. The molecule has 0 aliphatic rings. The van der Waals surface area contributed by atoms with E-state index >= 15 is 0 Å². The molecule has 0 aliphatic carbocycles. The molecule has 0 saturated carbocycles. The normalized spacial score (nSPS) is 9.67. The van der Waals surface area contributed by atoms with Crippen LogP contribution < -0.4 is 5.11 Å². The van der Waals surface area contributed by atoms with E-state index in [1.54, 1.807) is 6.07 Å². The maximum atomic E-state index is 10.7. The Labute approximate surface area is 112 Å². The minimum Gasteiger partial charge on any atom is -0.545 e. The predicted molar refractivity (Wildman–Crippen MR) is 53.3 cm³/mol. The fourth-order valence-corrected chi connectivity index (χ4v) is 1.62. The van der Waals surface area contributed by atoms with Crippen molar-refractivity contribution in [3.63, 3.8) is 0 Å². The average molecular weight is 406 g/mol. The number of carbonyl (C=O) groups is 1. The third-order valence-corrected chi connectivity index (χ3v) is 2.37. The van der Waals surface area contributed by atoms with E-state index in [9.17, 15) is 9.90 Å². The van der Waals surface area contributed by atoms with E-state index in [-0.39, 0.29) is 38.3 Å². The van der Waals surface area contributed by atoms with E-state index in [1.807, 2.05) is 24.3 Å². The summed E-state index contributed by atoms with van der Waals surface area (Å²) in [7, 11) is 0. The molecule has 4 heteroatoms. The van der Waals surface area contributed by atoms with Crippen LogP contribution in [-0.4, -0.2) is 5.97 Å². The summed E-state index contributed by atoms with van der Waals surface area (Å²) in [4.78, 5) is 10.7. The zero-order valence-electron chi connectivity index (χ0n) is 7.87. The van der Waals surface area contributed by atoms with Gasteiger partial charge >= 0.3 is 27.7 Å². The third kappa shape index (κ3) is 2.50. The maximum absolute atomic E-state index is 10.7. The number of hydrogen-bond acceptors (Lipinski definition) is 2. The van der Waals surface area contributed by atoms with Crippen molar-refractivity contribution in [2.24, 2.45) is 0 Å². The molecule has 2 nitrogen and oxygen atoms in total. The standard InChI is InChI=1S/C11H7ClO2.Hg/c12-10-6-8-4-2-1-3-7(8)5-9(10)11(13)14;/h1-6H,(H,13,14);/q;+1/p-1. The minimum absolute atomic E-state index is 0. The zero-order chi connectivity index (χ0) is 10.1. The summed E-state index contributed by atoms with van der Waals surface area (Å²) >= 11 is 5.78. The summed E-state index contributed by atoms with van der Waals surface area (Å²) in [5.41, 5.74) is 0.0327. The van der Waals surface area contributed by atoms with Gasteiger partial charge in [-0.25, -0.2) is 0 Å². The fraction of sp³-hybridized carbons (Fsp3) is 0. The number of carbonyl (C=O) groups excluding carboxylic acids is 1. The summed E-state index contributed by atoms with van der Waals surface area (Å²) in [5, 5.41) is 12.6. The molecule has 0 amide bonds. The van der Waals surface area contributed by atoms with Crippen molar-refractivity contribution in [2.75, 3.05) is 0 Å². The van der Waals surface area contributed by atoms with Crippen molar-refractivity contribution in [1.29, 1.82) is 0 Å². The van der Waals surface area contributed by atoms with Crippen molar-refractivity contribution < 1.29 is 37.6 Å². The molecule has 2 rings (SSSR count). The van der Waals surface area contributed by atoms with Crippen molar-refractivity contribution in [2.45, 2.75) is 0 Å². The van der Waals surface area contributed by atoms with Crippen molar-refractivity contribution >= 4 is 28.3 Å². The van der Waals surface area contributed by atoms with E-state index in [2.05, 4.69) is 0 Å². The Morgan fingerprint density at radius 3 is 2.20 bits per heavy atom. The van der Waals surface area contributed by atoms with E-state index in [0.717, 1.165) is 10.8 Å². The van der Waals surface area contributed by atoms with Gasteiger partial charge in [0.25, 0.3) is 0 Å². The first-order valence-electron chi connectivity index (χ1n) is 4.08. The number of fused-ring (bicyclic) bond motifs is 1. The van der Waals surface area contributed by atoms with Crippen LogP contribution in [0.15, 0.2) is 36.4 Å². The molecule has 0 N–H and O–H groups in total. The number of carboxylic acids is 1. The topological polar surface area (TPSA) is 40.1 Å². The summed E-state index contributed by atoms with van der Waals surface area (Å²) < 4.78 is 0. The van der Waals surface area contributed by atoms with Crippen LogP contribution in [0.2, 0.25) is 5.02 Å². The average Bonchev–Trinajstić information content (AvgIpc) is 2.16. The maximum Gasteiger partial charge on any atom is 1.00 e. The molecule has 15 heavy (non-hydrogen) atoms. The second-order valence-electron chi connectivity index (χ2n) is 2.97. The first kappa shape index (κ1) is 12.5. The van der Waals surface area contributed by atoms with Crippen molar-refractivity contribution in [1.82, 2.24) is 0 Å². The van der Waals surface area contributed by atoms with Crippen LogP contribution in [-0.2, 0) is 27.7 Å². The molecule has 0 spiro atoms. The quantitative estimate of drug-likeness (QED) is 0.679. The summed E-state index contributed by atoms with van der Waals surface area (Å²) in [6.45, 7) is 0. The molecule has 1 radical (unpaired) electrons. The summed E-state index contributed by atoms with van der Waals surface area (Å²) in [6, 6.07) is 10.6. The molecular weight excluding hydrogens is 400 g/mol. The number of rotatable bonds is 1. The van der Waals surface area contributed by atoms with Crippen molar-refractivity contribution in [3.05, 3.63) is 47.0 Å². The van der Waals surface area contributed by atoms with Crippen LogP contribution in [0.25, 0.3) is 10.8 Å². The van der Waals surface area contributed by atoms with Crippen molar-refractivity contribution in [3.8, 4) is 0 Å². The number of hydrogen-bond donors (Lipinski definition) is 0. The molecule has 2 aromatic carbocycles. The molecule has 0 aliphatic heterocycles. The Morgan fingerprint density at radius 1 is 1.13 bits per heavy atom. The predicted octanol–water partition coefficient (Wildman–Crippen LogP) is 1.85.